The third-order valence-electron chi connectivity index (χ3n) is 8.29. The van der Waals surface area contributed by atoms with Crippen LogP contribution in [0.15, 0.2) is 73.1 Å². The van der Waals surface area contributed by atoms with E-state index < -0.39 is 0 Å². The summed E-state index contributed by atoms with van der Waals surface area (Å²) in [6, 6.07) is 22.0. The van der Waals surface area contributed by atoms with Gasteiger partial charge in [-0.05, 0) is 61.1 Å². The highest BCUT2D eigenvalue weighted by molar-refractivity contribution is 5.82. The monoisotopic (exact) mass is 534 g/mol. The van der Waals surface area contributed by atoms with E-state index in [0.717, 1.165) is 12.8 Å². The molecule has 5 rings (SSSR count). The van der Waals surface area contributed by atoms with Crippen LogP contribution in [-0.4, -0.2) is 19.6 Å². The van der Waals surface area contributed by atoms with Crippen LogP contribution in [0, 0.1) is 0 Å². The molecule has 4 nitrogen and oxygen atoms in total. The highest BCUT2D eigenvalue weighted by Gasteiger charge is 2.17. The Morgan fingerprint density at radius 3 is 1.35 bits per heavy atom. The van der Waals surface area contributed by atoms with Crippen molar-refractivity contribution in [1.29, 1.82) is 0 Å². The van der Waals surface area contributed by atoms with Crippen molar-refractivity contribution < 1.29 is 0 Å². The highest BCUT2D eigenvalue weighted by Crippen LogP contribution is 2.31. The fourth-order valence-electron chi connectivity index (χ4n) is 5.98. The molecule has 3 aromatic carbocycles. The van der Waals surface area contributed by atoms with Gasteiger partial charge < -0.3 is 0 Å². The second kappa shape index (κ2) is 14.3. The van der Waals surface area contributed by atoms with Crippen molar-refractivity contribution in [1.82, 2.24) is 19.6 Å². The van der Waals surface area contributed by atoms with Gasteiger partial charge in [0.25, 0.3) is 0 Å². The molecule has 0 saturated carbocycles. The van der Waals surface area contributed by atoms with E-state index in [1.807, 2.05) is 12.4 Å². The molecule has 0 aliphatic rings. The molecule has 0 aliphatic heterocycles. The van der Waals surface area contributed by atoms with Gasteiger partial charge in [0.2, 0.25) is 0 Å². The third-order valence-corrected chi connectivity index (χ3v) is 8.29. The van der Waals surface area contributed by atoms with E-state index >= 15 is 0 Å². The van der Waals surface area contributed by atoms with Gasteiger partial charge in [0.05, 0.1) is 34.8 Å². The molecular formula is C36H46N4. The standard InChI is InChI=1S/C36H46N4/c1-3-5-7-9-11-13-19-29-25-36(40-34-24-18-16-22-32(34)28-38-40)30(20-14-12-10-8-6-4-2)26-35(29)39-33-23-17-15-21-31(33)27-37-39/h15-18,21-28H,3-14,19-20H2,1-2H3. The van der Waals surface area contributed by atoms with Gasteiger partial charge >= 0.3 is 0 Å². The summed E-state index contributed by atoms with van der Waals surface area (Å²) >= 11 is 0. The Balaban J connectivity index is 1.54. The third kappa shape index (κ3) is 6.66. The topological polar surface area (TPSA) is 35.6 Å². The number of hydrogen-bond acceptors (Lipinski definition) is 2. The van der Waals surface area contributed by atoms with Crippen molar-refractivity contribution in [2.75, 3.05) is 0 Å². The number of benzene rings is 3. The number of unbranched alkanes of at least 4 members (excludes halogenated alkanes) is 10. The molecule has 0 N–H and O–H groups in total. The van der Waals surface area contributed by atoms with Crippen LogP contribution in [0.25, 0.3) is 33.2 Å². The number of hydrogen-bond donors (Lipinski definition) is 0. The van der Waals surface area contributed by atoms with E-state index in [1.165, 1.54) is 121 Å². The normalized spacial score (nSPS) is 11.7. The van der Waals surface area contributed by atoms with Gasteiger partial charge in [-0.1, -0.05) is 114 Å². The summed E-state index contributed by atoms with van der Waals surface area (Å²) in [4.78, 5) is 0. The van der Waals surface area contributed by atoms with Crippen LogP contribution in [0.1, 0.15) is 102 Å². The van der Waals surface area contributed by atoms with E-state index in [2.05, 4.69) is 83.9 Å². The van der Waals surface area contributed by atoms with Crippen molar-refractivity contribution in [3.05, 3.63) is 84.2 Å². The van der Waals surface area contributed by atoms with Gasteiger partial charge in [0.15, 0.2) is 0 Å². The molecule has 0 spiro atoms. The molecule has 0 fully saturated rings. The Morgan fingerprint density at radius 1 is 0.500 bits per heavy atom. The minimum Gasteiger partial charge on any atom is -0.233 e. The number of rotatable bonds is 16. The molecule has 5 aromatic rings. The predicted molar refractivity (Wildman–Crippen MR) is 170 cm³/mol. The first-order chi connectivity index (χ1) is 19.8. The summed E-state index contributed by atoms with van der Waals surface area (Å²) in [6.07, 6.45) is 21.7. The summed E-state index contributed by atoms with van der Waals surface area (Å²) in [7, 11) is 0. The Morgan fingerprint density at radius 2 is 0.900 bits per heavy atom. The van der Waals surface area contributed by atoms with Crippen LogP contribution in [0.3, 0.4) is 0 Å². The van der Waals surface area contributed by atoms with Crippen LogP contribution in [0.4, 0.5) is 0 Å². The molecule has 2 aromatic heterocycles. The lowest BCUT2D eigenvalue weighted by atomic mass is 9.97. The molecule has 4 heteroatoms. The summed E-state index contributed by atoms with van der Waals surface area (Å²) in [5.74, 6) is 0. The quantitative estimate of drug-likeness (QED) is 0.118. The fourth-order valence-corrected chi connectivity index (χ4v) is 5.98. The van der Waals surface area contributed by atoms with Crippen molar-refractivity contribution in [3.8, 4) is 11.4 Å². The van der Waals surface area contributed by atoms with Crippen molar-refractivity contribution in [2.45, 2.75) is 104 Å². The molecule has 0 unspecified atom stereocenters. The Hall–Kier alpha value is -3.40. The van der Waals surface area contributed by atoms with Gasteiger partial charge in [-0.3, -0.25) is 0 Å². The molecular weight excluding hydrogens is 488 g/mol. The maximum Gasteiger partial charge on any atom is 0.0741 e. The second-order valence-electron chi connectivity index (χ2n) is 11.4. The summed E-state index contributed by atoms with van der Waals surface area (Å²) in [6.45, 7) is 4.57. The van der Waals surface area contributed by atoms with Gasteiger partial charge in [0, 0.05) is 10.8 Å². The summed E-state index contributed by atoms with van der Waals surface area (Å²) in [5, 5.41) is 12.2. The van der Waals surface area contributed by atoms with Gasteiger partial charge in [-0.2, -0.15) is 10.2 Å². The number of para-hydroxylation sites is 2. The molecule has 2 heterocycles. The molecule has 40 heavy (non-hydrogen) atoms. The van der Waals surface area contributed by atoms with Crippen LogP contribution >= 0.6 is 0 Å². The van der Waals surface area contributed by atoms with Crippen LogP contribution < -0.4 is 0 Å². The lowest BCUT2D eigenvalue weighted by Gasteiger charge is -2.18. The minimum absolute atomic E-state index is 1.05. The molecule has 0 saturated heterocycles. The van der Waals surface area contributed by atoms with E-state index in [1.54, 1.807) is 0 Å². The Bertz CT molecular complexity index is 1380. The zero-order valence-corrected chi connectivity index (χ0v) is 24.6. The molecule has 0 amide bonds. The van der Waals surface area contributed by atoms with Crippen LogP contribution in [0.2, 0.25) is 0 Å². The summed E-state index contributed by atoms with van der Waals surface area (Å²) < 4.78 is 4.36. The zero-order valence-electron chi connectivity index (χ0n) is 24.6. The SMILES string of the molecule is CCCCCCCCc1cc(-n2ncc3ccccc32)c(CCCCCCCC)cc1-n1ncc2ccccc21. The molecule has 0 atom stereocenters. The van der Waals surface area contributed by atoms with E-state index in [-0.39, 0.29) is 0 Å². The molecule has 0 radical (unpaired) electrons. The molecule has 0 bridgehead atoms. The first kappa shape index (κ1) is 28.1. The van der Waals surface area contributed by atoms with Crippen LogP contribution in [0.5, 0.6) is 0 Å². The zero-order chi connectivity index (χ0) is 27.6. The lowest BCUT2D eigenvalue weighted by molar-refractivity contribution is 0.604. The van der Waals surface area contributed by atoms with Crippen LogP contribution in [-0.2, 0) is 12.8 Å². The molecule has 0 aliphatic carbocycles. The van der Waals surface area contributed by atoms with E-state index in [4.69, 9.17) is 10.2 Å². The Labute approximate surface area is 240 Å². The predicted octanol–water partition coefficient (Wildman–Crippen LogP) is 10.2. The number of aryl methyl sites for hydroxylation is 2. The van der Waals surface area contributed by atoms with Gasteiger partial charge in [-0.25, -0.2) is 9.36 Å². The van der Waals surface area contributed by atoms with Crippen molar-refractivity contribution in [3.63, 3.8) is 0 Å². The first-order valence-electron chi connectivity index (χ1n) is 15.8. The highest BCUT2D eigenvalue weighted by atomic mass is 15.3. The number of nitrogens with zero attached hydrogens (tertiary/aromatic N) is 4. The number of aromatic nitrogens is 4. The largest absolute Gasteiger partial charge is 0.233 e. The van der Waals surface area contributed by atoms with Crippen molar-refractivity contribution >= 4 is 21.8 Å². The van der Waals surface area contributed by atoms with Gasteiger partial charge in [-0.15, -0.1) is 0 Å². The number of fused-ring (bicyclic) bond motifs is 2. The first-order valence-corrected chi connectivity index (χ1v) is 15.8. The van der Waals surface area contributed by atoms with Crippen molar-refractivity contribution in [2.24, 2.45) is 0 Å². The molecule has 210 valence electrons. The maximum absolute atomic E-state index is 4.90. The minimum atomic E-state index is 1.05. The fraction of sp³-hybridized carbons (Fsp3) is 0.444. The van der Waals surface area contributed by atoms with E-state index in [9.17, 15) is 0 Å². The summed E-state index contributed by atoms with van der Waals surface area (Å²) in [5.41, 5.74) is 7.55. The van der Waals surface area contributed by atoms with Gasteiger partial charge in [0.1, 0.15) is 0 Å². The smallest absolute Gasteiger partial charge is 0.0741 e. The maximum atomic E-state index is 4.90. The average molecular weight is 535 g/mol. The Kier molecular flexibility index (Phi) is 10.1. The second-order valence-corrected chi connectivity index (χ2v) is 11.4. The average Bonchev–Trinajstić information content (AvgIpc) is 3.61. The lowest BCUT2D eigenvalue weighted by Crippen LogP contribution is -2.09. The van der Waals surface area contributed by atoms with E-state index in [0.29, 0.717) is 0 Å².